The van der Waals surface area contributed by atoms with E-state index in [1.807, 2.05) is 11.3 Å². The van der Waals surface area contributed by atoms with Gasteiger partial charge in [0.15, 0.2) is 0 Å². The minimum atomic E-state index is 0.780. The van der Waals surface area contributed by atoms with Crippen molar-refractivity contribution in [1.82, 2.24) is 4.90 Å². The van der Waals surface area contributed by atoms with Gasteiger partial charge in [0.1, 0.15) is 0 Å². The molecule has 0 saturated heterocycles. The summed E-state index contributed by atoms with van der Waals surface area (Å²) in [5, 5.41) is 3.62. The first-order chi connectivity index (χ1) is 10.1. The normalized spacial score (nSPS) is 31.6. The van der Waals surface area contributed by atoms with Crippen molar-refractivity contribution in [2.45, 2.75) is 25.2 Å². The highest BCUT2D eigenvalue weighted by molar-refractivity contribution is 9.10. The summed E-state index contributed by atoms with van der Waals surface area (Å²) in [6.07, 6.45) is 4.37. The maximum absolute atomic E-state index is 3.71. The van der Waals surface area contributed by atoms with Crippen LogP contribution in [-0.4, -0.2) is 25.5 Å². The van der Waals surface area contributed by atoms with Crippen LogP contribution in [0.15, 0.2) is 28.1 Å². The van der Waals surface area contributed by atoms with Crippen molar-refractivity contribution in [3.05, 3.63) is 33.6 Å². The van der Waals surface area contributed by atoms with Gasteiger partial charge in [0.2, 0.25) is 0 Å². The van der Waals surface area contributed by atoms with Gasteiger partial charge in [-0.05, 0) is 90.7 Å². The third kappa shape index (κ3) is 2.38. The van der Waals surface area contributed by atoms with Crippen LogP contribution in [0.3, 0.4) is 0 Å². The smallest absolute Gasteiger partial charge is 0.0361 e. The summed E-state index contributed by atoms with van der Waals surface area (Å²) in [6.45, 7) is 1.24. The van der Waals surface area contributed by atoms with Gasteiger partial charge >= 0.3 is 0 Å². The number of hydrogen-bond donors (Lipinski definition) is 0. The largest absolute Gasteiger partial charge is 0.309 e. The molecule has 21 heavy (non-hydrogen) atoms. The summed E-state index contributed by atoms with van der Waals surface area (Å²) >= 11 is 5.55. The Morgan fingerprint density at radius 3 is 2.86 bits per heavy atom. The molecule has 0 radical (unpaired) electrons. The van der Waals surface area contributed by atoms with Gasteiger partial charge in [0, 0.05) is 26.5 Å². The zero-order chi connectivity index (χ0) is 14.6. The molecular formula is C18H22BrNS. The van der Waals surface area contributed by atoms with Gasteiger partial charge in [0.25, 0.3) is 0 Å². The van der Waals surface area contributed by atoms with Gasteiger partial charge in [-0.1, -0.05) is 6.07 Å². The van der Waals surface area contributed by atoms with Crippen LogP contribution < -0.4 is 0 Å². The lowest BCUT2D eigenvalue weighted by Gasteiger charge is -2.33. The minimum absolute atomic E-state index is 0.780. The summed E-state index contributed by atoms with van der Waals surface area (Å²) in [4.78, 5) is 2.39. The topological polar surface area (TPSA) is 3.24 Å². The third-order valence-electron chi connectivity index (χ3n) is 5.60. The number of fused-ring (bicyclic) bond motifs is 3. The van der Waals surface area contributed by atoms with Gasteiger partial charge in [-0.2, -0.15) is 0 Å². The highest BCUT2D eigenvalue weighted by Gasteiger charge is 2.47. The number of nitrogens with zero attached hydrogens (tertiary/aromatic N) is 1. The molecule has 0 unspecified atom stereocenters. The van der Waals surface area contributed by atoms with E-state index in [4.69, 9.17) is 0 Å². The zero-order valence-corrected chi connectivity index (χ0v) is 15.1. The molecule has 4 atom stereocenters. The van der Waals surface area contributed by atoms with Gasteiger partial charge in [-0.15, -0.1) is 11.3 Å². The summed E-state index contributed by atoms with van der Waals surface area (Å²) in [6, 6.07) is 7.20. The molecule has 112 valence electrons. The van der Waals surface area contributed by atoms with Crippen LogP contribution in [0.5, 0.6) is 0 Å². The molecular weight excluding hydrogens is 342 g/mol. The Bertz CT molecular complexity index is 662. The second-order valence-corrected chi connectivity index (χ2v) is 8.89. The molecule has 0 aliphatic heterocycles. The van der Waals surface area contributed by atoms with Crippen molar-refractivity contribution in [2.75, 3.05) is 20.6 Å². The zero-order valence-electron chi connectivity index (χ0n) is 12.7. The lowest BCUT2D eigenvalue weighted by atomic mass is 9.75. The quantitative estimate of drug-likeness (QED) is 0.709. The number of thiophene rings is 1. The Morgan fingerprint density at radius 2 is 2.05 bits per heavy atom. The standard InChI is InChI=1S/C18H22BrNS/c1-20(2)9-15-11-3-4-12(7-11)18(15)13-5-6-17-14(8-13)16(19)10-21-17/h5-6,8,10-12,15,18H,3-4,7,9H2,1-2H3/t11-,12+,15-,18+/m0/s1. The molecule has 0 spiro atoms. The van der Waals surface area contributed by atoms with Crippen LogP contribution in [0.1, 0.15) is 30.7 Å². The molecule has 2 aliphatic carbocycles. The molecule has 2 saturated carbocycles. The molecule has 2 aliphatic rings. The Hall–Kier alpha value is -0.380. The van der Waals surface area contributed by atoms with E-state index >= 15 is 0 Å². The first kappa shape index (κ1) is 14.2. The fourth-order valence-corrected chi connectivity index (χ4v) is 6.38. The fraction of sp³-hybridized carbons (Fsp3) is 0.556. The van der Waals surface area contributed by atoms with Gasteiger partial charge in [-0.3, -0.25) is 0 Å². The lowest BCUT2D eigenvalue weighted by Crippen LogP contribution is -2.30. The van der Waals surface area contributed by atoms with Crippen LogP contribution in [0.25, 0.3) is 10.1 Å². The van der Waals surface area contributed by atoms with E-state index in [0.717, 1.165) is 23.7 Å². The number of benzene rings is 1. The monoisotopic (exact) mass is 363 g/mol. The Morgan fingerprint density at radius 1 is 1.24 bits per heavy atom. The van der Waals surface area contributed by atoms with E-state index < -0.39 is 0 Å². The molecule has 1 aromatic carbocycles. The second kappa shape index (κ2) is 5.36. The van der Waals surface area contributed by atoms with Gasteiger partial charge in [-0.25, -0.2) is 0 Å². The number of hydrogen-bond acceptors (Lipinski definition) is 2. The van der Waals surface area contributed by atoms with Crippen LogP contribution in [0.4, 0.5) is 0 Å². The fourth-order valence-electron chi connectivity index (χ4n) is 4.84. The first-order valence-corrected chi connectivity index (χ1v) is 9.62. The van der Waals surface area contributed by atoms with Crippen molar-refractivity contribution in [1.29, 1.82) is 0 Å². The molecule has 4 rings (SSSR count). The van der Waals surface area contributed by atoms with Crippen LogP contribution in [0, 0.1) is 17.8 Å². The van der Waals surface area contributed by atoms with Crippen LogP contribution >= 0.6 is 27.3 Å². The maximum atomic E-state index is 3.71. The molecule has 1 nitrogen and oxygen atoms in total. The summed E-state index contributed by atoms with van der Waals surface area (Å²) in [5.74, 6) is 3.52. The molecule has 3 heteroatoms. The highest BCUT2D eigenvalue weighted by atomic mass is 79.9. The second-order valence-electron chi connectivity index (χ2n) is 7.12. The summed E-state index contributed by atoms with van der Waals surface area (Å²) in [5.41, 5.74) is 1.58. The van der Waals surface area contributed by atoms with Crippen LogP contribution in [-0.2, 0) is 0 Å². The van der Waals surface area contributed by atoms with Crippen molar-refractivity contribution >= 4 is 37.4 Å². The van der Waals surface area contributed by atoms with E-state index in [1.54, 1.807) is 5.56 Å². The highest BCUT2D eigenvalue weighted by Crippen LogP contribution is 2.57. The molecule has 0 N–H and O–H groups in total. The molecule has 1 heterocycles. The number of halogens is 1. The number of rotatable bonds is 3. The van der Waals surface area contributed by atoms with Gasteiger partial charge in [0.05, 0.1) is 0 Å². The molecule has 1 aromatic heterocycles. The summed E-state index contributed by atoms with van der Waals surface area (Å²) in [7, 11) is 4.45. The van der Waals surface area contributed by atoms with Crippen molar-refractivity contribution < 1.29 is 0 Å². The predicted octanol–water partition coefficient (Wildman–Crippen LogP) is 5.36. The Labute approximate surface area is 139 Å². The van der Waals surface area contributed by atoms with Crippen molar-refractivity contribution in [3.63, 3.8) is 0 Å². The molecule has 0 amide bonds. The molecule has 2 aromatic rings. The van der Waals surface area contributed by atoms with E-state index in [9.17, 15) is 0 Å². The Kier molecular flexibility index (Phi) is 3.63. The molecule has 2 bridgehead atoms. The average molecular weight is 364 g/mol. The van der Waals surface area contributed by atoms with Crippen molar-refractivity contribution in [2.24, 2.45) is 17.8 Å². The maximum Gasteiger partial charge on any atom is 0.0361 e. The Balaban J connectivity index is 1.73. The van der Waals surface area contributed by atoms with Gasteiger partial charge < -0.3 is 4.90 Å². The van der Waals surface area contributed by atoms with E-state index in [1.165, 1.54) is 40.4 Å². The average Bonchev–Trinajstić information content (AvgIpc) is 3.13. The summed E-state index contributed by atoms with van der Waals surface area (Å²) < 4.78 is 2.66. The minimum Gasteiger partial charge on any atom is -0.309 e. The van der Waals surface area contributed by atoms with E-state index in [-0.39, 0.29) is 0 Å². The predicted molar refractivity (Wildman–Crippen MR) is 95.1 cm³/mol. The van der Waals surface area contributed by atoms with E-state index in [2.05, 4.69) is 58.5 Å². The van der Waals surface area contributed by atoms with Crippen LogP contribution in [0.2, 0.25) is 0 Å². The SMILES string of the molecule is CN(C)C[C@H]1[C@H]2CC[C@H](C2)[C@@H]1c1ccc2scc(Br)c2c1. The molecule has 2 fully saturated rings. The third-order valence-corrected chi connectivity index (χ3v) is 7.52. The van der Waals surface area contributed by atoms with Crippen molar-refractivity contribution in [3.8, 4) is 0 Å². The van der Waals surface area contributed by atoms with E-state index in [0.29, 0.717) is 0 Å². The first-order valence-electron chi connectivity index (χ1n) is 7.95. The lowest BCUT2D eigenvalue weighted by molar-refractivity contribution is 0.219.